The van der Waals surface area contributed by atoms with Crippen molar-refractivity contribution < 1.29 is 9.59 Å². The van der Waals surface area contributed by atoms with Gasteiger partial charge in [0.15, 0.2) is 0 Å². The third-order valence-electron chi connectivity index (χ3n) is 5.37. The molecule has 0 radical (unpaired) electrons. The van der Waals surface area contributed by atoms with Crippen molar-refractivity contribution in [2.24, 2.45) is 5.92 Å². The summed E-state index contributed by atoms with van der Waals surface area (Å²) >= 11 is 0. The number of hydrogen-bond acceptors (Lipinski definition) is 2. The Labute approximate surface area is 138 Å². The van der Waals surface area contributed by atoms with Gasteiger partial charge in [-0.1, -0.05) is 25.0 Å². The van der Waals surface area contributed by atoms with Crippen LogP contribution in [0.3, 0.4) is 0 Å². The summed E-state index contributed by atoms with van der Waals surface area (Å²) in [6, 6.07) is 6.21. The van der Waals surface area contributed by atoms with Gasteiger partial charge >= 0.3 is 0 Å². The second kappa shape index (κ2) is 5.99. The highest BCUT2D eigenvalue weighted by Gasteiger charge is 2.42. The molecule has 0 aromatic heterocycles. The lowest BCUT2D eigenvalue weighted by molar-refractivity contribution is -0.124. The highest BCUT2D eigenvalue weighted by molar-refractivity contribution is 6.07. The molecule has 1 aromatic rings. The maximum Gasteiger partial charge on any atom is 0.236 e. The second-order valence-corrected chi connectivity index (χ2v) is 7.36. The van der Waals surface area contributed by atoms with Crippen LogP contribution in [0.4, 0.5) is 5.69 Å². The quantitative estimate of drug-likeness (QED) is 0.929. The molecule has 3 rings (SSSR count). The predicted molar refractivity (Wildman–Crippen MR) is 91.5 cm³/mol. The van der Waals surface area contributed by atoms with Gasteiger partial charge in [-0.3, -0.25) is 9.59 Å². The van der Waals surface area contributed by atoms with Gasteiger partial charge in [0.25, 0.3) is 0 Å². The molecule has 1 heterocycles. The Balaban J connectivity index is 1.63. The molecule has 1 aromatic carbocycles. The monoisotopic (exact) mass is 314 g/mol. The standard InChI is InChI=1S/C19H26N2O2/c1-19(2)15-12-13(8-9-16(15)21(3)18(19)23)10-11-20-17(22)14-6-4-5-7-14/h8-9,12,14H,4-7,10-11H2,1-3H3,(H,20,22). The predicted octanol–water partition coefficient (Wildman–Crippen LogP) is 2.79. The minimum Gasteiger partial charge on any atom is -0.356 e. The third kappa shape index (κ3) is 2.87. The van der Waals surface area contributed by atoms with Crippen molar-refractivity contribution in [1.82, 2.24) is 5.32 Å². The van der Waals surface area contributed by atoms with E-state index in [2.05, 4.69) is 17.4 Å². The van der Waals surface area contributed by atoms with Crippen molar-refractivity contribution >= 4 is 17.5 Å². The number of hydrogen-bond donors (Lipinski definition) is 1. The molecule has 124 valence electrons. The molecule has 2 amide bonds. The molecule has 0 atom stereocenters. The average molecular weight is 314 g/mol. The number of benzene rings is 1. The summed E-state index contributed by atoms with van der Waals surface area (Å²) in [5.74, 6) is 0.568. The molecule has 23 heavy (non-hydrogen) atoms. The Bertz CT molecular complexity index is 630. The molecule has 0 spiro atoms. The van der Waals surface area contributed by atoms with Crippen LogP contribution < -0.4 is 10.2 Å². The molecular weight excluding hydrogens is 288 g/mol. The van der Waals surface area contributed by atoms with Gasteiger partial charge in [0.05, 0.1) is 5.41 Å². The summed E-state index contributed by atoms with van der Waals surface area (Å²) in [5.41, 5.74) is 2.79. The highest BCUT2D eigenvalue weighted by Crippen LogP contribution is 2.41. The Hall–Kier alpha value is -1.84. The Morgan fingerprint density at radius 3 is 2.70 bits per heavy atom. The molecule has 1 fully saturated rings. The van der Waals surface area contributed by atoms with Crippen LogP contribution in [0.5, 0.6) is 0 Å². The van der Waals surface area contributed by atoms with Gasteiger partial charge in [0, 0.05) is 25.2 Å². The van der Waals surface area contributed by atoms with Gasteiger partial charge in [-0.25, -0.2) is 0 Å². The second-order valence-electron chi connectivity index (χ2n) is 7.36. The lowest BCUT2D eigenvalue weighted by Crippen LogP contribution is -2.33. The maximum absolute atomic E-state index is 12.3. The number of likely N-dealkylation sites (N-methyl/N-ethyl adjacent to an activating group) is 1. The first-order valence-electron chi connectivity index (χ1n) is 8.60. The summed E-state index contributed by atoms with van der Waals surface area (Å²) in [6.07, 6.45) is 5.24. The zero-order valence-corrected chi connectivity index (χ0v) is 14.3. The summed E-state index contributed by atoms with van der Waals surface area (Å²) in [7, 11) is 1.83. The SMILES string of the molecule is CN1C(=O)C(C)(C)c2cc(CCNC(=O)C3CCCC3)ccc21. The fourth-order valence-electron chi connectivity index (χ4n) is 3.84. The van der Waals surface area contributed by atoms with E-state index in [1.165, 1.54) is 18.4 Å². The molecule has 1 saturated carbocycles. The van der Waals surface area contributed by atoms with Crippen molar-refractivity contribution in [2.75, 3.05) is 18.5 Å². The van der Waals surface area contributed by atoms with Crippen LogP contribution in [0.1, 0.15) is 50.7 Å². The van der Waals surface area contributed by atoms with E-state index in [4.69, 9.17) is 0 Å². The van der Waals surface area contributed by atoms with Crippen LogP contribution >= 0.6 is 0 Å². The fraction of sp³-hybridized carbons (Fsp3) is 0.579. The number of nitrogens with one attached hydrogen (secondary N) is 1. The first-order valence-corrected chi connectivity index (χ1v) is 8.60. The van der Waals surface area contributed by atoms with Gasteiger partial charge in [0.2, 0.25) is 11.8 Å². The van der Waals surface area contributed by atoms with Crippen LogP contribution in [-0.2, 0) is 21.4 Å². The topological polar surface area (TPSA) is 49.4 Å². The van der Waals surface area contributed by atoms with E-state index in [-0.39, 0.29) is 17.7 Å². The zero-order chi connectivity index (χ0) is 16.6. The van der Waals surface area contributed by atoms with Gasteiger partial charge in [-0.05, 0) is 50.3 Å². The van der Waals surface area contributed by atoms with Gasteiger partial charge in [0.1, 0.15) is 0 Å². The molecular formula is C19H26N2O2. The Morgan fingerprint density at radius 2 is 2.00 bits per heavy atom. The van der Waals surface area contributed by atoms with Crippen molar-refractivity contribution in [3.63, 3.8) is 0 Å². The normalized spacial score (nSPS) is 20.0. The van der Waals surface area contributed by atoms with Crippen LogP contribution in [0.2, 0.25) is 0 Å². The number of carbonyl (C=O) groups is 2. The summed E-state index contributed by atoms with van der Waals surface area (Å²) in [5, 5.41) is 3.06. The average Bonchev–Trinajstić information content (AvgIpc) is 3.12. The van der Waals surface area contributed by atoms with Crippen molar-refractivity contribution in [3.05, 3.63) is 29.3 Å². The number of anilines is 1. The maximum atomic E-state index is 12.3. The van der Waals surface area contributed by atoms with E-state index in [1.54, 1.807) is 4.90 Å². The van der Waals surface area contributed by atoms with Crippen LogP contribution in [0.25, 0.3) is 0 Å². The number of rotatable bonds is 4. The Kier molecular flexibility index (Phi) is 4.17. The number of carbonyl (C=O) groups excluding carboxylic acids is 2. The lowest BCUT2D eigenvalue weighted by Gasteiger charge is -2.17. The molecule has 1 aliphatic heterocycles. The third-order valence-corrected chi connectivity index (χ3v) is 5.37. The van der Waals surface area contributed by atoms with E-state index < -0.39 is 5.41 Å². The molecule has 0 bridgehead atoms. The number of amides is 2. The zero-order valence-electron chi connectivity index (χ0n) is 14.3. The minimum absolute atomic E-state index is 0.138. The molecule has 0 saturated heterocycles. The summed E-state index contributed by atoms with van der Waals surface area (Å²) in [4.78, 5) is 26.1. The number of nitrogens with zero attached hydrogens (tertiary/aromatic N) is 1. The van der Waals surface area contributed by atoms with Crippen LogP contribution in [0.15, 0.2) is 18.2 Å². The lowest BCUT2D eigenvalue weighted by atomic mass is 9.85. The summed E-state index contributed by atoms with van der Waals surface area (Å²) < 4.78 is 0. The van der Waals surface area contributed by atoms with Crippen molar-refractivity contribution in [1.29, 1.82) is 0 Å². The van der Waals surface area contributed by atoms with E-state index in [0.29, 0.717) is 6.54 Å². The molecule has 0 unspecified atom stereocenters. The minimum atomic E-state index is -0.465. The molecule has 1 aliphatic carbocycles. The summed E-state index contributed by atoms with van der Waals surface area (Å²) in [6.45, 7) is 4.62. The van der Waals surface area contributed by atoms with Gasteiger partial charge in [-0.2, -0.15) is 0 Å². The number of fused-ring (bicyclic) bond motifs is 1. The van der Waals surface area contributed by atoms with E-state index in [0.717, 1.165) is 30.5 Å². The highest BCUT2D eigenvalue weighted by atomic mass is 16.2. The smallest absolute Gasteiger partial charge is 0.236 e. The van der Waals surface area contributed by atoms with Gasteiger partial charge < -0.3 is 10.2 Å². The molecule has 4 heteroatoms. The molecule has 1 N–H and O–H groups in total. The largest absolute Gasteiger partial charge is 0.356 e. The molecule has 2 aliphatic rings. The van der Waals surface area contributed by atoms with Gasteiger partial charge in [-0.15, -0.1) is 0 Å². The van der Waals surface area contributed by atoms with Crippen molar-refractivity contribution in [3.8, 4) is 0 Å². The van der Waals surface area contributed by atoms with E-state index in [1.807, 2.05) is 27.0 Å². The van der Waals surface area contributed by atoms with E-state index in [9.17, 15) is 9.59 Å². The van der Waals surface area contributed by atoms with Crippen LogP contribution in [-0.4, -0.2) is 25.4 Å². The first-order chi connectivity index (χ1) is 10.9. The molecule has 4 nitrogen and oxygen atoms in total. The van der Waals surface area contributed by atoms with E-state index >= 15 is 0 Å². The first kappa shape index (κ1) is 16.0. The Morgan fingerprint density at radius 1 is 1.30 bits per heavy atom. The fourth-order valence-corrected chi connectivity index (χ4v) is 3.84. The van der Waals surface area contributed by atoms with Crippen LogP contribution in [0, 0.1) is 5.92 Å². The van der Waals surface area contributed by atoms with Crippen molar-refractivity contribution in [2.45, 2.75) is 51.4 Å².